The molecule has 0 saturated carbocycles. The SMILES string of the molecule is Cc1c(C)c2c(c(C)c1O)C1CCC(O2)Oc2c(C)c(C)c(O)c(C)c21. The summed E-state index contributed by atoms with van der Waals surface area (Å²) in [5.74, 6) is 2.35. The number of benzene rings is 2. The smallest absolute Gasteiger partial charge is 0.241 e. The molecule has 4 rings (SSSR count). The highest BCUT2D eigenvalue weighted by Crippen LogP contribution is 2.54. The highest BCUT2D eigenvalue weighted by atomic mass is 16.7. The van der Waals surface area contributed by atoms with Gasteiger partial charge in [-0.1, -0.05) is 0 Å². The number of hydrogen-bond acceptors (Lipinski definition) is 4. The molecular weight excluding hydrogens is 328 g/mol. The summed E-state index contributed by atoms with van der Waals surface area (Å²) in [5.41, 5.74) is 7.39. The van der Waals surface area contributed by atoms with Crippen LogP contribution >= 0.6 is 0 Å². The molecule has 138 valence electrons. The summed E-state index contributed by atoms with van der Waals surface area (Å²) < 4.78 is 12.6. The highest BCUT2D eigenvalue weighted by molar-refractivity contribution is 5.66. The number of aromatic hydroxyl groups is 2. The fourth-order valence-corrected chi connectivity index (χ4v) is 4.54. The minimum absolute atomic E-state index is 0.0305. The van der Waals surface area contributed by atoms with Gasteiger partial charge in [-0.2, -0.15) is 0 Å². The van der Waals surface area contributed by atoms with Crippen LogP contribution in [-0.4, -0.2) is 16.5 Å². The standard InChI is InChI=1S/C22H26O4/c1-9-11(3)21-17(13(5)19(9)23)15-7-8-16(25-21)26-22-12(4)10(2)20(24)14(6)18(15)22/h15-16,23-24H,7-8H2,1-6H3. The van der Waals surface area contributed by atoms with Gasteiger partial charge in [0.05, 0.1) is 0 Å². The Kier molecular flexibility index (Phi) is 3.66. The van der Waals surface area contributed by atoms with E-state index in [9.17, 15) is 10.2 Å². The van der Waals surface area contributed by atoms with E-state index < -0.39 is 0 Å². The molecule has 0 aromatic heterocycles. The Hall–Kier alpha value is -2.36. The number of phenols is 2. The van der Waals surface area contributed by atoms with Crippen LogP contribution in [0, 0.1) is 41.5 Å². The Morgan fingerprint density at radius 3 is 1.46 bits per heavy atom. The maximum Gasteiger partial charge on any atom is 0.241 e. The average molecular weight is 354 g/mol. The molecule has 2 N–H and O–H groups in total. The van der Waals surface area contributed by atoms with Crippen molar-refractivity contribution in [2.75, 3.05) is 0 Å². The van der Waals surface area contributed by atoms with Crippen molar-refractivity contribution in [3.8, 4) is 23.0 Å². The minimum atomic E-state index is -0.357. The summed E-state index contributed by atoms with van der Waals surface area (Å²) >= 11 is 0. The first-order valence-electron chi connectivity index (χ1n) is 9.22. The normalized spacial score (nSPS) is 20.5. The lowest BCUT2D eigenvalue weighted by molar-refractivity contribution is 0.00251. The summed E-state index contributed by atoms with van der Waals surface area (Å²) in [4.78, 5) is 0. The third-order valence-corrected chi connectivity index (χ3v) is 6.41. The van der Waals surface area contributed by atoms with Crippen molar-refractivity contribution in [3.63, 3.8) is 0 Å². The molecule has 0 fully saturated rings. The van der Waals surface area contributed by atoms with Crippen LogP contribution in [0.25, 0.3) is 0 Å². The molecule has 0 aliphatic carbocycles. The van der Waals surface area contributed by atoms with Crippen LogP contribution in [0.5, 0.6) is 23.0 Å². The molecule has 2 bridgehead atoms. The van der Waals surface area contributed by atoms with E-state index >= 15 is 0 Å². The summed E-state index contributed by atoms with van der Waals surface area (Å²) in [5, 5.41) is 21.3. The lowest BCUT2D eigenvalue weighted by Gasteiger charge is -2.30. The molecule has 0 atom stereocenters. The Labute approximate surface area is 154 Å². The topological polar surface area (TPSA) is 58.9 Å². The third-order valence-electron chi connectivity index (χ3n) is 6.41. The molecule has 2 aromatic rings. The van der Waals surface area contributed by atoms with Crippen LogP contribution < -0.4 is 9.47 Å². The molecule has 2 aliphatic heterocycles. The zero-order chi connectivity index (χ0) is 18.9. The third kappa shape index (κ3) is 2.08. The molecule has 0 saturated heterocycles. The summed E-state index contributed by atoms with van der Waals surface area (Å²) in [6.45, 7) is 11.7. The Balaban J connectivity index is 2.11. The lowest BCUT2D eigenvalue weighted by atomic mass is 9.79. The van der Waals surface area contributed by atoms with Gasteiger partial charge < -0.3 is 19.7 Å². The first-order valence-corrected chi connectivity index (χ1v) is 9.22. The van der Waals surface area contributed by atoms with E-state index in [-0.39, 0.29) is 12.2 Å². The molecule has 0 unspecified atom stereocenters. The van der Waals surface area contributed by atoms with Gasteiger partial charge in [-0.25, -0.2) is 0 Å². The van der Waals surface area contributed by atoms with Crippen molar-refractivity contribution in [2.24, 2.45) is 0 Å². The van der Waals surface area contributed by atoms with Crippen LogP contribution in [-0.2, 0) is 0 Å². The second-order valence-electron chi connectivity index (χ2n) is 7.73. The Bertz CT molecular complexity index is 869. The number of phenolic OH excluding ortho intramolecular Hbond substituents is 2. The molecule has 26 heavy (non-hydrogen) atoms. The number of rotatable bonds is 0. The fourth-order valence-electron chi connectivity index (χ4n) is 4.54. The maximum absolute atomic E-state index is 10.7. The van der Waals surface area contributed by atoms with Gasteiger partial charge in [0.15, 0.2) is 0 Å². The number of ether oxygens (including phenoxy) is 2. The van der Waals surface area contributed by atoms with Crippen LogP contribution in [0.3, 0.4) is 0 Å². The van der Waals surface area contributed by atoms with Crippen molar-refractivity contribution < 1.29 is 19.7 Å². The monoisotopic (exact) mass is 354 g/mol. The van der Waals surface area contributed by atoms with Gasteiger partial charge in [0, 0.05) is 23.5 Å². The molecule has 0 amide bonds. The quantitative estimate of drug-likeness (QED) is 0.701. The van der Waals surface area contributed by atoms with E-state index in [1.165, 1.54) is 0 Å². The van der Waals surface area contributed by atoms with Crippen molar-refractivity contribution in [3.05, 3.63) is 44.5 Å². The largest absolute Gasteiger partial charge is 0.507 e. The van der Waals surface area contributed by atoms with Crippen LogP contribution in [0.4, 0.5) is 0 Å². The van der Waals surface area contributed by atoms with Crippen molar-refractivity contribution in [1.82, 2.24) is 0 Å². The lowest BCUT2D eigenvalue weighted by Crippen LogP contribution is -2.25. The first-order chi connectivity index (χ1) is 12.2. The zero-order valence-corrected chi connectivity index (χ0v) is 16.3. The van der Waals surface area contributed by atoms with E-state index in [0.29, 0.717) is 11.5 Å². The van der Waals surface area contributed by atoms with Crippen LogP contribution in [0.1, 0.15) is 63.3 Å². The first kappa shape index (κ1) is 17.1. The van der Waals surface area contributed by atoms with Gasteiger partial charge >= 0.3 is 0 Å². The second kappa shape index (κ2) is 5.57. The summed E-state index contributed by atoms with van der Waals surface area (Å²) in [6, 6.07) is 0. The minimum Gasteiger partial charge on any atom is -0.507 e. The maximum atomic E-state index is 10.7. The molecule has 2 heterocycles. The van der Waals surface area contributed by atoms with E-state index in [1.54, 1.807) is 0 Å². The van der Waals surface area contributed by atoms with Gasteiger partial charge in [0.2, 0.25) is 6.29 Å². The fraction of sp³-hybridized carbons (Fsp3) is 0.455. The molecule has 2 aliphatic rings. The van der Waals surface area contributed by atoms with E-state index in [0.717, 1.165) is 68.8 Å². The number of hydrogen-bond donors (Lipinski definition) is 2. The van der Waals surface area contributed by atoms with Gasteiger partial charge in [-0.05, 0) is 81.3 Å². The second-order valence-corrected chi connectivity index (χ2v) is 7.73. The van der Waals surface area contributed by atoms with Crippen molar-refractivity contribution >= 4 is 0 Å². The van der Waals surface area contributed by atoms with Crippen LogP contribution in [0.2, 0.25) is 0 Å². The summed E-state index contributed by atoms with van der Waals surface area (Å²) in [7, 11) is 0. The van der Waals surface area contributed by atoms with E-state index in [1.807, 2.05) is 41.5 Å². The molecule has 0 radical (unpaired) electrons. The van der Waals surface area contributed by atoms with Gasteiger partial charge in [-0.15, -0.1) is 0 Å². The van der Waals surface area contributed by atoms with Gasteiger partial charge in [-0.3, -0.25) is 0 Å². The Morgan fingerprint density at radius 1 is 0.615 bits per heavy atom. The molecule has 2 aromatic carbocycles. The van der Waals surface area contributed by atoms with Crippen molar-refractivity contribution in [2.45, 2.75) is 66.6 Å². The molecule has 0 spiro atoms. The molecule has 4 heteroatoms. The predicted octanol–water partition coefficient (Wildman–Crippen LogP) is 4.97. The van der Waals surface area contributed by atoms with E-state index in [4.69, 9.17) is 9.47 Å². The zero-order valence-electron chi connectivity index (χ0n) is 16.3. The Morgan fingerprint density at radius 2 is 1.04 bits per heavy atom. The number of fused-ring (bicyclic) bond motifs is 7. The van der Waals surface area contributed by atoms with Crippen molar-refractivity contribution in [1.29, 1.82) is 0 Å². The van der Waals surface area contributed by atoms with Crippen LogP contribution in [0.15, 0.2) is 0 Å². The average Bonchev–Trinajstić information content (AvgIpc) is 2.91. The van der Waals surface area contributed by atoms with E-state index in [2.05, 4.69) is 0 Å². The predicted molar refractivity (Wildman–Crippen MR) is 101 cm³/mol. The summed E-state index contributed by atoms with van der Waals surface area (Å²) in [6.07, 6.45) is 1.27. The molecule has 4 nitrogen and oxygen atoms in total. The van der Waals surface area contributed by atoms with Gasteiger partial charge in [0.25, 0.3) is 0 Å². The highest BCUT2D eigenvalue weighted by Gasteiger charge is 2.38. The molecular formula is C22H26O4. The van der Waals surface area contributed by atoms with Gasteiger partial charge in [0.1, 0.15) is 23.0 Å².